The fourth-order valence-corrected chi connectivity index (χ4v) is 2.51. The summed E-state index contributed by atoms with van der Waals surface area (Å²) in [5.41, 5.74) is 3.46. The van der Waals surface area contributed by atoms with Gasteiger partial charge < -0.3 is 9.72 Å². The van der Waals surface area contributed by atoms with E-state index in [9.17, 15) is 9.59 Å². The number of esters is 1. The van der Waals surface area contributed by atoms with Crippen LogP contribution in [0.3, 0.4) is 0 Å². The maximum atomic E-state index is 12.6. The minimum absolute atomic E-state index is 0.118. The third kappa shape index (κ3) is 3.39. The highest BCUT2D eigenvalue weighted by molar-refractivity contribution is 6.30. The number of aromatic nitrogens is 1. The number of aryl methyl sites for hydroxylation is 1. The Morgan fingerprint density at radius 2 is 1.82 bits per heavy atom. The van der Waals surface area contributed by atoms with Crippen LogP contribution in [0.5, 0.6) is 0 Å². The predicted molar refractivity (Wildman–Crippen MR) is 85.5 cm³/mol. The predicted octanol–water partition coefficient (Wildman–Crippen LogP) is 3.62. The Balaban J connectivity index is 2.31. The van der Waals surface area contributed by atoms with Gasteiger partial charge in [-0.15, -0.1) is 0 Å². The first-order valence-corrected chi connectivity index (χ1v) is 7.45. The summed E-state index contributed by atoms with van der Waals surface area (Å²) in [5.74, 6) is -0.412. The van der Waals surface area contributed by atoms with E-state index in [2.05, 4.69) is 4.98 Å². The van der Waals surface area contributed by atoms with Crippen LogP contribution in [0.25, 0.3) is 0 Å². The summed E-state index contributed by atoms with van der Waals surface area (Å²) < 4.78 is 4.97. The van der Waals surface area contributed by atoms with Crippen LogP contribution in [0.15, 0.2) is 24.3 Å². The standard InChI is InChI=1S/C17H18ClNO3/c1-4-22-15(20)9-14-10(2)16(19-11(14)3)17(21)12-5-7-13(18)8-6-12/h5-8,19H,4,9H2,1-3H3. The van der Waals surface area contributed by atoms with Gasteiger partial charge in [0.2, 0.25) is 5.78 Å². The van der Waals surface area contributed by atoms with Crippen molar-refractivity contribution in [1.29, 1.82) is 0 Å². The van der Waals surface area contributed by atoms with E-state index in [0.29, 0.717) is 22.9 Å². The molecule has 0 radical (unpaired) electrons. The molecule has 0 saturated heterocycles. The summed E-state index contributed by atoms with van der Waals surface area (Å²) in [5, 5.41) is 0.582. The van der Waals surface area contributed by atoms with E-state index in [1.807, 2.05) is 13.8 Å². The molecule has 22 heavy (non-hydrogen) atoms. The molecule has 0 aliphatic carbocycles. The molecule has 2 aromatic rings. The van der Waals surface area contributed by atoms with E-state index in [-0.39, 0.29) is 18.2 Å². The molecule has 0 bridgehead atoms. The van der Waals surface area contributed by atoms with Crippen LogP contribution < -0.4 is 0 Å². The molecule has 0 amide bonds. The molecule has 0 unspecified atom stereocenters. The maximum absolute atomic E-state index is 12.6. The van der Waals surface area contributed by atoms with Crippen LogP contribution in [-0.2, 0) is 16.0 Å². The molecule has 4 nitrogen and oxygen atoms in total. The van der Waals surface area contributed by atoms with Gasteiger partial charge in [0.1, 0.15) is 0 Å². The smallest absolute Gasteiger partial charge is 0.310 e. The first-order chi connectivity index (χ1) is 10.4. The molecule has 5 heteroatoms. The van der Waals surface area contributed by atoms with E-state index >= 15 is 0 Å². The van der Waals surface area contributed by atoms with Crippen LogP contribution in [0, 0.1) is 13.8 Å². The van der Waals surface area contributed by atoms with Crippen molar-refractivity contribution in [2.75, 3.05) is 6.61 Å². The van der Waals surface area contributed by atoms with E-state index in [0.717, 1.165) is 16.8 Å². The van der Waals surface area contributed by atoms with E-state index in [1.165, 1.54) is 0 Å². The van der Waals surface area contributed by atoms with Gasteiger partial charge in [0.05, 0.1) is 18.7 Å². The zero-order valence-electron chi connectivity index (χ0n) is 12.8. The number of nitrogens with one attached hydrogen (secondary N) is 1. The van der Waals surface area contributed by atoms with Crippen LogP contribution in [0.4, 0.5) is 0 Å². The third-order valence-electron chi connectivity index (χ3n) is 3.55. The normalized spacial score (nSPS) is 10.5. The molecular weight excluding hydrogens is 302 g/mol. The monoisotopic (exact) mass is 319 g/mol. The second kappa shape index (κ2) is 6.79. The molecule has 1 heterocycles. The van der Waals surface area contributed by atoms with Gasteiger partial charge in [0.25, 0.3) is 0 Å². The third-order valence-corrected chi connectivity index (χ3v) is 3.80. The topological polar surface area (TPSA) is 59.2 Å². The van der Waals surface area contributed by atoms with Gasteiger partial charge in [-0.1, -0.05) is 11.6 Å². The highest BCUT2D eigenvalue weighted by Crippen LogP contribution is 2.22. The number of carbonyl (C=O) groups excluding carboxylic acids is 2. The molecule has 0 atom stereocenters. The van der Waals surface area contributed by atoms with Crippen molar-refractivity contribution in [3.05, 3.63) is 57.4 Å². The van der Waals surface area contributed by atoms with Crippen molar-refractivity contribution in [3.8, 4) is 0 Å². The quantitative estimate of drug-likeness (QED) is 0.676. The number of rotatable bonds is 5. The first kappa shape index (κ1) is 16.3. The Labute approximate surface area is 134 Å². The summed E-state index contributed by atoms with van der Waals surface area (Å²) in [7, 11) is 0. The SMILES string of the molecule is CCOC(=O)Cc1c(C)[nH]c(C(=O)c2ccc(Cl)cc2)c1C. The Hall–Kier alpha value is -2.07. The van der Waals surface area contributed by atoms with Gasteiger partial charge in [0, 0.05) is 16.3 Å². The molecule has 1 N–H and O–H groups in total. The fourth-order valence-electron chi connectivity index (χ4n) is 2.38. The van der Waals surface area contributed by atoms with Crippen molar-refractivity contribution in [3.63, 3.8) is 0 Å². The van der Waals surface area contributed by atoms with Gasteiger partial charge in [-0.05, 0) is 56.2 Å². The fraction of sp³-hybridized carbons (Fsp3) is 0.294. The Morgan fingerprint density at radius 1 is 1.18 bits per heavy atom. The zero-order chi connectivity index (χ0) is 16.3. The number of ketones is 1. The van der Waals surface area contributed by atoms with Gasteiger partial charge >= 0.3 is 5.97 Å². The van der Waals surface area contributed by atoms with E-state index in [1.54, 1.807) is 31.2 Å². The lowest BCUT2D eigenvalue weighted by molar-refractivity contribution is -0.142. The zero-order valence-corrected chi connectivity index (χ0v) is 13.6. The summed E-state index contributed by atoms with van der Waals surface area (Å²) >= 11 is 5.84. The van der Waals surface area contributed by atoms with E-state index in [4.69, 9.17) is 16.3 Å². The van der Waals surface area contributed by atoms with Crippen molar-refractivity contribution in [1.82, 2.24) is 4.98 Å². The lowest BCUT2D eigenvalue weighted by atomic mass is 10.0. The number of halogens is 1. The molecule has 116 valence electrons. The maximum Gasteiger partial charge on any atom is 0.310 e. The van der Waals surface area contributed by atoms with Crippen LogP contribution >= 0.6 is 11.6 Å². The molecule has 0 aliphatic rings. The number of hydrogen-bond acceptors (Lipinski definition) is 3. The summed E-state index contributed by atoms with van der Waals surface area (Å²) in [6.07, 6.45) is 0.163. The number of benzene rings is 1. The van der Waals surface area contributed by atoms with Gasteiger partial charge in [-0.2, -0.15) is 0 Å². The molecule has 0 aliphatic heterocycles. The minimum atomic E-state index is -0.293. The number of ether oxygens (including phenoxy) is 1. The van der Waals surface area contributed by atoms with Crippen LogP contribution in [-0.4, -0.2) is 23.3 Å². The van der Waals surface area contributed by atoms with Gasteiger partial charge in [0.15, 0.2) is 0 Å². The number of H-pyrrole nitrogens is 1. The van der Waals surface area contributed by atoms with Crippen LogP contribution in [0.2, 0.25) is 5.02 Å². The molecule has 0 fully saturated rings. The Kier molecular flexibility index (Phi) is 5.03. The Morgan fingerprint density at radius 3 is 2.41 bits per heavy atom. The van der Waals surface area contributed by atoms with Crippen LogP contribution in [0.1, 0.15) is 39.8 Å². The second-order valence-corrected chi connectivity index (χ2v) is 5.48. The average Bonchev–Trinajstić information content (AvgIpc) is 2.76. The molecule has 1 aromatic carbocycles. The van der Waals surface area contributed by atoms with Gasteiger partial charge in [-0.25, -0.2) is 0 Å². The van der Waals surface area contributed by atoms with Crippen molar-refractivity contribution < 1.29 is 14.3 Å². The lowest BCUT2D eigenvalue weighted by Gasteiger charge is -2.03. The van der Waals surface area contributed by atoms with E-state index < -0.39 is 0 Å². The van der Waals surface area contributed by atoms with Crippen molar-refractivity contribution >= 4 is 23.4 Å². The van der Waals surface area contributed by atoms with Crippen molar-refractivity contribution in [2.24, 2.45) is 0 Å². The highest BCUT2D eigenvalue weighted by Gasteiger charge is 2.20. The molecular formula is C17H18ClNO3. The highest BCUT2D eigenvalue weighted by atomic mass is 35.5. The minimum Gasteiger partial charge on any atom is -0.466 e. The molecule has 2 rings (SSSR count). The average molecular weight is 320 g/mol. The van der Waals surface area contributed by atoms with Gasteiger partial charge in [-0.3, -0.25) is 9.59 Å². The Bertz CT molecular complexity index is 701. The lowest BCUT2D eigenvalue weighted by Crippen LogP contribution is -2.09. The largest absolute Gasteiger partial charge is 0.466 e. The number of aromatic amines is 1. The van der Waals surface area contributed by atoms with Crippen molar-refractivity contribution in [2.45, 2.75) is 27.2 Å². The number of carbonyl (C=O) groups is 2. The molecule has 0 spiro atoms. The summed E-state index contributed by atoms with van der Waals surface area (Å²) in [4.78, 5) is 27.3. The molecule has 0 saturated carbocycles. The summed E-state index contributed by atoms with van der Waals surface area (Å²) in [6.45, 7) is 5.80. The molecule has 1 aromatic heterocycles. The number of hydrogen-bond donors (Lipinski definition) is 1. The first-order valence-electron chi connectivity index (χ1n) is 7.08. The second-order valence-electron chi connectivity index (χ2n) is 5.05. The summed E-state index contributed by atoms with van der Waals surface area (Å²) in [6, 6.07) is 6.73.